The van der Waals surface area contributed by atoms with Gasteiger partial charge in [-0.05, 0) is 24.0 Å². The molecule has 120 valence electrons. The lowest BCUT2D eigenvalue weighted by atomic mass is 9.70. The number of imide groups is 1. The first-order chi connectivity index (χ1) is 11.1. The zero-order valence-corrected chi connectivity index (χ0v) is 13.0. The van der Waals surface area contributed by atoms with Crippen molar-refractivity contribution < 1.29 is 19.1 Å². The van der Waals surface area contributed by atoms with E-state index in [9.17, 15) is 9.59 Å². The van der Waals surface area contributed by atoms with E-state index in [-0.39, 0.29) is 35.0 Å². The van der Waals surface area contributed by atoms with Gasteiger partial charge in [0.2, 0.25) is 11.8 Å². The molecular weight excluding hydrogens is 294 g/mol. The number of carbonyl (C=O) groups is 2. The summed E-state index contributed by atoms with van der Waals surface area (Å²) in [6.45, 7) is 3.27. The molecule has 0 aromatic heterocycles. The first-order valence-corrected chi connectivity index (χ1v) is 8.27. The maximum Gasteiger partial charge on any atom is 0.238 e. The molecule has 5 nitrogen and oxygen atoms in total. The van der Waals surface area contributed by atoms with Crippen LogP contribution in [0.2, 0.25) is 0 Å². The van der Waals surface area contributed by atoms with Crippen molar-refractivity contribution in [3.63, 3.8) is 0 Å². The van der Waals surface area contributed by atoms with E-state index in [4.69, 9.17) is 9.47 Å². The Morgan fingerprint density at radius 2 is 1.78 bits per heavy atom. The zero-order valence-electron chi connectivity index (χ0n) is 13.0. The fraction of sp³-hybridized carbons (Fsp3) is 0.556. The molecule has 23 heavy (non-hydrogen) atoms. The molecule has 0 N–H and O–H groups in total. The van der Waals surface area contributed by atoms with Crippen molar-refractivity contribution >= 4 is 17.5 Å². The summed E-state index contributed by atoms with van der Waals surface area (Å²) >= 11 is 0. The monoisotopic (exact) mass is 313 g/mol. The van der Waals surface area contributed by atoms with E-state index in [0.29, 0.717) is 25.3 Å². The fourth-order valence-corrected chi connectivity index (χ4v) is 5.51. The van der Waals surface area contributed by atoms with E-state index in [1.54, 1.807) is 0 Å². The molecule has 2 heterocycles. The molecular formula is C18H19NO4. The Bertz CT molecular complexity index is 696. The number of benzene rings is 1. The van der Waals surface area contributed by atoms with Crippen LogP contribution in [0.25, 0.3) is 0 Å². The number of anilines is 1. The van der Waals surface area contributed by atoms with Gasteiger partial charge in [-0.25, -0.2) is 0 Å². The van der Waals surface area contributed by atoms with Gasteiger partial charge in [-0.2, -0.15) is 0 Å². The van der Waals surface area contributed by atoms with Crippen LogP contribution in [0.5, 0.6) is 0 Å². The maximum absolute atomic E-state index is 13.1. The van der Waals surface area contributed by atoms with Gasteiger partial charge in [0.15, 0.2) is 5.79 Å². The van der Waals surface area contributed by atoms with Gasteiger partial charge in [-0.3, -0.25) is 14.5 Å². The minimum absolute atomic E-state index is 0.00911. The number of rotatable bonds is 1. The summed E-state index contributed by atoms with van der Waals surface area (Å²) in [5.74, 6) is -1.33. The van der Waals surface area contributed by atoms with Crippen LogP contribution in [0.15, 0.2) is 30.3 Å². The summed E-state index contributed by atoms with van der Waals surface area (Å²) in [6.07, 6.45) is 1.55. The van der Waals surface area contributed by atoms with Gasteiger partial charge in [0.05, 0.1) is 30.7 Å². The predicted octanol–water partition coefficient (Wildman–Crippen LogP) is 1.97. The number of fused-ring (bicyclic) bond motifs is 6. The van der Waals surface area contributed by atoms with Gasteiger partial charge < -0.3 is 9.47 Å². The number of nitrogens with zero attached hydrogens (tertiary/aromatic N) is 1. The highest BCUT2D eigenvalue weighted by atomic mass is 16.7. The van der Waals surface area contributed by atoms with E-state index in [1.807, 2.05) is 30.3 Å². The molecule has 0 unspecified atom stereocenters. The van der Waals surface area contributed by atoms with Crippen molar-refractivity contribution in [2.75, 3.05) is 18.1 Å². The number of hydrogen-bond acceptors (Lipinski definition) is 4. The van der Waals surface area contributed by atoms with Crippen molar-refractivity contribution in [2.24, 2.45) is 23.2 Å². The molecule has 1 aromatic rings. The third-order valence-corrected chi connectivity index (χ3v) is 6.23. The quantitative estimate of drug-likeness (QED) is 0.744. The van der Waals surface area contributed by atoms with Crippen LogP contribution >= 0.6 is 0 Å². The average molecular weight is 313 g/mol. The Morgan fingerprint density at radius 3 is 2.48 bits per heavy atom. The molecule has 4 fully saturated rings. The molecule has 2 aliphatic carbocycles. The summed E-state index contributed by atoms with van der Waals surface area (Å²) in [5, 5.41) is 0. The highest BCUT2D eigenvalue weighted by molar-refractivity contribution is 6.22. The normalized spacial score (nSPS) is 40.4. The lowest BCUT2D eigenvalue weighted by molar-refractivity contribution is -0.211. The lowest BCUT2D eigenvalue weighted by Gasteiger charge is -2.39. The average Bonchev–Trinajstić information content (AvgIpc) is 3.24. The number of ether oxygens (including phenoxy) is 2. The third-order valence-electron chi connectivity index (χ3n) is 6.23. The van der Waals surface area contributed by atoms with Crippen LogP contribution in [-0.2, 0) is 19.1 Å². The highest BCUT2D eigenvalue weighted by Crippen LogP contribution is 2.68. The number of para-hydroxylation sites is 1. The van der Waals surface area contributed by atoms with E-state index in [1.165, 1.54) is 4.90 Å². The Hall–Kier alpha value is -1.72. The van der Waals surface area contributed by atoms with Crippen molar-refractivity contribution in [2.45, 2.75) is 25.6 Å². The Balaban J connectivity index is 1.58. The second kappa shape index (κ2) is 4.22. The van der Waals surface area contributed by atoms with Gasteiger partial charge in [-0.1, -0.05) is 25.1 Å². The first kappa shape index (κ1) is 13.7. The highest BCUT2D eigenvalue weighted by Gasteiger charge is 2.75. The fourth-order valence-electron chi connectivity index (χ4n) is 5.51. The summed E-state index contributed by atoms with van der Waals surface area (Å²) in [6, 6.07) is 9.23. The predicted molar refractivity (Wildman–Crippen MR) is 81.4 cm³/mol. The van der Waals surface area contributed by atoms with Crippen LogP contribution in [0, 0.1) is 23.2 Å². The van der Waals surface area contributed by atoms with E-state index in [0.717, 1.165) is 6.42 Å². The molecule has 2 aliphatic heterocycles. The van der Waals surface area contributed by atoms with E-state index < -0.39 is 5.79 Å². The van der Waals surface area contributed by atoms with Crippen molar-refractivity contribution in [1.29, 1.82) is 0 Å². The summed E-state index contributed by atoms with van der Waals surface area (Å²) in [7, 11) is 0. The second-order valence-corrected chi connectivity index (χ2v) is 7.50. The van der Waals surface area contributed by atoms with Crippen LogP contribution in [0.1, 0.15) is 19.8 Å². The van der Waals surface area contributed by atoms with Gasteiger partial charge in [-0.15, -0.1) is 0 Å². The number of carbonyl (C=O) groups excluding carboxylic acids is 2. The third kappa shape index (κ3) is 1.54. The summed E-state index contributed by atoms with van der Waals surface area (Å²) < 4.78 is 11.9. The number of hydrogen-bond donors (Lipinski definition) is 0. The van der Waals surface area contributed by atoms with Crippen LogP contribution in [0.4, 0.5) is 5.69 Å². The van der Waals surface area contributed by atoms with Crippen molar-refractivity contribution in [3.05, 3.63) is 30.3 Å². The molecule has 2 saturated heterocycles. The summed E-state index contributed by atoms with van der Waals surface area (Å²) in [5.41, 5.74) is 0.456. The topological polar surface area (TPSA) is 55.8 Å². The Labute approximate surface area is 134 Å². The van der Waals surface area contributed by atoms with Crippen LogP contribution < -0.4 is 4.90 Å². The minimum atomic E-state index is -0.640. The van der Waals surface area contributed by atoms with E-state index in [2.05, 4.69) is 6.92 Å². The van der Waals surface area contributed by atoms with Crippen LogP contribution in [0.3, 0.4) is 0 Å². The standard InChI is InChI=1S/C18H19NO4/c1-17-9-12(18(10-17)22-7-8-23-18)13-14(17)16(21)19(15(13)20)11-5-3-2-4-6-11/h2-6,12-14H,7-10H2,1H3/t12-,13-,14-,17-/m1/s1. The van der Waals surface area contributed by atoms with Crippen molar-refractivity contribution in [1.82, 2.24) is 0 Å². The molecule has 1 aromatic carbocycles. The van der Waals surface area contributed by atoms with Crippen LogP contribution in [-0.4, -0.2) is 30.8 Å². The smallest absolute Gasteiger partial charge is 0.238 e. The molecule has 4 aliphatic rings. The molecule has 0 radical (unpaired) electrons. The molecule has 2 amide bonds. The minimum Gasteiger partial charge on any atom is -0.347 e. The van der Waals surface area contributed by atoms with Gasteiger partial charge in [0.25, 0.3) is 0 Å². The van der Waals surface area contributed by atoms with Gasteiger partial charge in [0, 0.05) is 12.3 Å². The first-order valence-electron chi connectivity index (χ1n) is 8.27. The number of amides is 2. The van der Waals surface area contributed by atoms with E-state index >= 15 is 0 Å². The lowest BCUT2D eigenvalue weighted by Crippen LogP contribution is -2.47. The van der Waals surface area contributed by atoms with Crippen molar-refractivity contribution in [3.8, 4) is 0 Å². The molecule has 5 heteroatoms. The molecule has 4 atom stereocenters. The summed E-state index contributed by atoms with van der Waals surface area (Å²) in [4.78, 5) is 27.5. The maximum atomic E-state index is 13.1. The zero-order chi connectivity index (χ0) is 15.8. The van der Waals surface area contributed by atoms with Gasteiger partial charge in [0.1, 0.15) is 0 Å². The molecule has 2 bridgehead atoms. The molecule has 2 saturated carbocycles. The Kier molecular flexibility index (Phi) is 2.51. The SMILES string of the molecule is C[C@]12C[C@H]([C@H]3C(=O)N(c4ccccc4)C(=O)[C@@H]31)C1(C2)OCCO1. The Morgan fingerprint density at radius 1 is 1.09 bits per heavy atom. The molecule has 1 spiro atoms. The molecule has 5 rings (SSSR count). The van der Waals surface area contributed by atoms with Gasteiger partial charge >= 0.3 is 0 Å². The largest absolute Gasteiger partial charge is 0.347 e. The second-order valence-electron chi connectivity index (χ2n) is 7.50.